The monoisotopic (exact) mass is 198 g/mol. The summed E-state index contributed by atoms with van der Waals surface area (Å²) in [5.41, 5.74) is 0.194. The van der Waals surface area contributed by atoms with Gasteiger partial charge in [-0.05, 0) is 19.9 Å². The van der Waals surface area contributed by atoms with Crippen LogP contribution in [-0.4, -0.2) is 22.6 Å². The highest BCUT2D eigenvalue weighted by molar-refractivity contribution is 5.89. The molecule has 0 fully saturated rings. The van der Waals surface area contributed by atoms with Crippen LogP contribution in [0.3, 0.4) is 0 Å². The van der Waals surface area contributed by atoms with Crippen molar-refractivity contribution in [1.82, 2.24) is 4.98 Å². The second-order valence-electron chi connectivity index (χ2n) is 2.79. The summed E-state index contributed by atoms with van der Waals surface area (Å²) in [5.74, 6) is -1.72. The molecular formula is C9H11FN2O2. The SMILES string of the molecule is CCNc1nc(C)c(C(=O)O)cc1F. The molecule has 1 aromatic heterocycles. The average Bonchev–Trinajstić information content (AvgIpc) is 2.10. The van der Waals surface area contributed by atoms with Crippen LogP contribution in [0.15, 0.2) is 6.07 Å². The lowest BCUT2D eigenvalue weighted by Crippen LogP contribution is -2.08. The normalized spacial score (nSPS) is 9.93. The molecule has 0 aliphatic rings. The molecule has 0 atom stereocenters. The highest BCUT2D eigenvalue weighted by Crippen LogP contribution is 2.15. The first-order valence-electron chi connectivity index (χ1n) is 4.20. The van der Waals surface area contributed by atoms with Crippen molar-refractivity contribution in [2.24, 2.45) is 0 Å². The van der Waals surface area contributed by atoms with E-state index in [0.717, 1.165) is 6.07 Å². The second-order valence-corrected chi connectivity index (χ2v) is 2.79. The summed E-state index contributed by atoms with van der Waals surface area (Å²) < 4.78 is 13.2. The van der Waals surface area contributed by atoms with Gasteiger partial charge in [-0.2, -0.15) is 0 Å². The Kier molecular flexibility index (Phi) is 3.01. The molecule has 14 heavy (non-hydrogen) atoms. The van der Waals surface area contributed by atoms with Gasteiger partial charge in [-0.15, -0.1) is 0 Å². The Morgan fingerprint density at radius 3 is 2.86 bits per heavy atom. The molecule has 4 nitrogen and oxygen atoms in total. The highest BCUT2D eigenvalue weighted by Gasteiger charge is 2.13. The third-order valence-corrected chi connectivity index (χ3v) is 1.74. The third kappa shape index (κ3) is 1.99. The molecule has 76 valence electrons. The van der Waals surface area contributed by atoms with Crippen molar-refractivity contribution in [2.75, 3.05) is 11.9 Å². The van der Waals surface area contributed by atoms with E-state index in [4.69, 9.17) is 5.11 Å². The number of pyridine rings is 1. The molecule has 5 heteroatoms. The van der Waals surface area contributed by atoms with Gasteiger partial charge in [0.15, 0.2) is 11.6 Å². The molecule has 1 aromatic rings. The molecule has 0 saturated heterocycles. The van der Waals surface area contributed by atoms with Gasteiger partial charge in [0.05, 0.1) is 11.3 Å². The predicted molar refractivity (Wildman–Crippen MR) is 50.1 cm³/mol. The molecule has 0 amide bonds. The van der Waals surface area contributed by atoms with Crippen molar-refractivity contribution in [3.63, 3.8) is 0 Å². The number of aromatic carboxylic acids is 1. The predicted octanol–water partition coefficient (Wildman–Crippen LogP) is 1.66. The van der Waals surface area contributed by atoms with E-state index in [1.165, 1.54) is 6.92 Å². The Bertz CT molecular complexity index is 366. The van der Waals surface area contributed by atoms with E-state index in [1.807, 2.05) is 6.92 Å². The summed E-state index contributed by atoms with van der Waals surface area (Å²) in [5, 5.41) is 11.4. The van der Waals surface area contributed by atoms with Gasteiger partial charge in [-0.25, -0.2) is 14.2 Å². The molecule has 2 N–H and O–H groups in total. The lowest BCUT2D eigenvalue weighted by atomic mass is 10.2. The first kappa shape index (κ1) is 10.4. The minimum atomic E-state index is -1.17. The summed E-state index contributed by atoms with van der Waals surface area (Å²) >= 11 is 0. The van der Waals surface area contributed by atoms with Crippen LogP contribution in [0.1, 0.15) is 23.0 Å². The van der Waals surface area contributed by atoms with Crippen molar-refractivity contribution in [3.05, 3.63) is 23.1 Å². The maximum absolute atomic E-state index is 13.2. The van der Waals surface area contributed by atoms with Crippen molar-refractivity contribution < 1.29 is 14.3 Å². The van der Waals surface area contributed by atoms with E-state index in [2.05, 4.69) is 10.3 Å². The van der Waals surface area contributed by atoms with E-state index in [-0.39, 0.29) is 11.4 Å². The zero-order valence-electron chi connectivity index (χ0n) is 7.97. The van der Waals surface area contributed by atoms with Crippen LogP contribution in [0.4, 0.5) is 10.2 Å². The van der Waals surface area contributed by atoms with Gasteiger partial charge in [-0.1, -0.05) is 0 Å². The van der Waals surface area contributed by atoms with E-state index in [9.17, 15) is 9.18 Å². The highest BCUT2D eigenvalue weighted by atomic mass is 19.1. The fourth-order valence-electron chi connectivity index (χ4n) is 1.09. The van der Waals surface area contributed by atoms with E-state index in [0.29, 0.717) is 12.2 Å². The van der Waals surface area contributed by atoms with Gasteiger partial charge < -0.3 is 10.4 Å². The largest absolute Gasteiger partial charge is 0.478 e. The average molecular weight is 198 g/mol. The summed E-state index contributed by atoms with van der Waals surface area (Å²) in [4.78, 5) is 14.4. The number of aromatic nitrogens is 1. The Morgan fingerprint density at radius 2 is 2.36 bits per heavy atom. The van der Waals surface area contributed by atoms with Gasteiger partial charge in [-0.3, -0.25) is 0 Å². The van der Waals surface area contributed by atoms with Crippen molar-refractivity contribution in [1.29, 1.82) is 0 Å². The van der Waals surface area contributed by atoms with Gasteiger partial charge in [0.2, 0.25) is 0 Å². The minimum absolute atomic E-state index is 0.0926. The summed E-state index contributed by atoms with van der Waals surface area (Å²) in [7, 11) is 0. The molecule has 0 aromatic carbocycles. The van der Waals surface area contributed by atoms with Crippen LogP contribution in [0.5, 0.6) is 0 Å². The topological polar surface area (TPSA) is 62.2 Å². The molecule has 0 aliphatic heterocycles. The first-order chi connectivity index (χ1) is 6.56. The molecule has 0 radical (unpaired) electrons. The molecule has 0 spiro atoms. The fraction of sp³-hybridized carbons (Fsp3) is 0.333. The number of carboxylic acids is 1. The van der Waals surface area contributed by atoms with Crippen LogP contribution in [-0.2, 0) is 0 Å². The summed E-state index contributed by atoms with van der Waals surface area (Å²) in [6, 6.07) is 0.975. The number of rotatable bonds is 3. The standard InChI is InChI=1S/C9H11FN2O2/c1-3-11-8-7(10)4-6(9(13)14)5(2)12-8/h4H,3H2,1-2H3,(H,11,12)(H,13,14). The number of hydrogen-bond acceptors (Lipinski definition) is 3. The first-order valence-corrected chi connectivity index (χ1v) is 4.20. The van der Waals surface area contributed by atoms with E-state index in [1.54, 1.807) is 0 Å². The third-order valence-electron chi connectivity index (χ3n) is 1.74. The number of nitrogens with one attached hydrogen (secondary N) is 1. The number of nitrogens with zero attached hydrogens (tertiary/aromatic N) is 1. The number of carbonyl (C=O) groups is 1. The number of carboxylic acid groups (broad SMARTS) is 1. The Morgan fingerprint density at radius 1 is 1.71 bits per heavy atom. The quantitative estimate of drug-likeness (QED) is 0.775. The summed E-state index contributed by atoms with van der Waals surface area (Å²) in [6.45, 7) is 3.88. The smallest absolute Gasteiger partial charge is 0.337 e. The Balaban J connectivity index is 3.17. The maximum Gasteiger partial charge on any atom is 0.337 e. The minimum Gasteiger partial charge on any atom is -0.478 e. The zero-order valence-corrected chi connectivity index (χ0v) is 7.97. The molecule has 0 saturated carbocycles. The molecular weight excluding hydrogens is 187 g/mol. The molecule has 0 bridgehead atoms. The second kappa shape index (κ2) is 4.04. The lowest BCUT2D eigenvalue weighted by molar-refractivity contribution is 0.0695. The number of halogens is 1. The number of hydrogen-bond donors (Lipinski definition) is 2. The molecule has 0 unspecified atom stereocenters. The number of anilines is 1. The van der Waals surface area contributed by atoms with Crippen molar-refractivity contribution in [2.45, 2.75) is 13.8 Å². The maximum atomic E-state index is 13.2. The van der Waals surface area contributed by atoms with Gasteiger partial charge in [0.25, 0.3) is 0 Å². The Hall–Kier alpha value is -1.65. The molecule has 0 aliphatic carbocycles. The molecule has 1 heterocycles. The van der Waals surface area contributed by atoms with Gasteiger partial charge in [0.1, 0.15) is 0 Å². The van der Waals surface area contributed by atoms with Crippen LogP contribution >= 0.6 is 0 Å². The Labute approximate surface area is 80.8 Å². The van der Waals surface area contributed by atoms with Crippen molar-refractivity contribution >= 4 is 11.8 Å². The zero-order chi connectivity index (χ0) is 10.7. The number of aryl methyl sites for hydroxylation is 1. The van der Waals surface area contributed by atoms with Crippen LogP contribution < -0.4 is 5.32 Å². The van der Waals surface area contributed by atoms with E-state index >= 15 is 0 Å². The van der Waals surface area contributed by atoms with Crippen LogP contribution in [0, 0.1) is 12.7 Å². The van der Waals surface area contributed by atoms with Crippen LogP contribution in [0.25, 0.3) is 0 Å². The summed E-state index contributed by atoms with van der Waals surface area (Å²) in [6.07, 6.45) is 0. The van der Waals surface area contributed by atoms with E-state index < -0.39 is 11.8 Å². The van der Waals surface area contributed by atoms with Crippen LogP contribution in [0.2, 0.25) is 0 Å². The van der Waals surface area contributed by atoms with Crippen molar-refractivity contribution in [3.8, 4) is 0 Å². The fourth-order valence-corrected chi connectivity index (χ4v) is 1.09. The lowest BCUT2D eigenvalue weighted by Gasteiger charge is -2.06. The van der Waals surface area contributed by atoms with Gasteiger partial charge >= 0.3 is 5.97 Å². The molecule has 1 rings (SSSR count). The van der Waals surface area contributed by atoms with Gasteiger partial charge in [0, 0.05) is 6.54 Å².